The molecular formula is C24H19BrN2O5. The molecule has 0 aliphatic carbocycles. The summed E-state index contributed by atoms with van der Waals surface area (Å²) in [5.74, 6) is -1.97. The molecule has 0 fully saturated rings. The van der Waals surface area contributed by atoms with E-state index in [-0.39, 0.29) is 30.0 Å². The predicted octanol–water partition coefficient (Wildman–Crippen LogP) is 4.83. The van der Waals surface area contributed by atoms with Crippen LogP contribution >= 0.6 is 15.9 Å². The summed E-state index contributed by atoms with van der Waals surface area (Å²) in [7, 11) is 0. The fourth-order valence-corrected chi connectivity index (χ4v) is 3.89. The van der Waals surface area contributed by atoms with Crippen LogP contribution in [0.5, 0.6) is 0 Å². The number of hydrogen-bond donors (Lipinski definition) is 0. The number of esters is 2. The van der Waals surface area contributed by atoms with Crippen LogP contribution in [-0.2, 0) is 9.47 Å². The molecule has 0 aliphatic heterocycles. The first-order valence-corrected chi connectivity index (χ1v) is 10.8. The van der Waals surface area contributed by atoms with Crippen LogP contribution in [0.25, 0.3) is 16.3 Å². The van der Waals surface area contributed by atoms with Crippen molar-refractivity contribution in [3.63, 3.8) is 0 Å². The monoisotopic (exact) mass is 494 g/mol. The Hall–Kier alpha value is -3.52. The fourth-order valence-electron chi connectivity index (χ4n) is 3.62. The minimum atomic E-state index is -0.786. The number of nitrogens with zero attached hydrogens (tertiary/aromatic N) is 2. The molecule has 4 aromatic rings. The minimum absolute atomic E-state index is 0.0324. The van der Waals surface area contributed by atoms with Crippen LogP contribution in [0.4, 0.5) is 0 Å². The first-order valence-electron chi connectivity index (χ1n) is 10.0. The van der Waals surface area contributed by atoms with E-state index in [0.717, 1.165) is 9.86 Å². The van der Waals surface area contributed by atoms with Crippen molar-refractivity contribution < 1.29 is 23.9 Å². The summed E-state index contributed by atoms with van der Waals surface area (Å²) < 4.78 is 12.6. The zero-order valence-electron chi connectivity index (χ0n) is 17.4. The molecule has 32 heavy (non-hydrogen) atoms. The molecule has 0 amide bonds. The summed E-state index contributed by atoms with van der Waals surface area (Å²) in [5.41, 5.74) is 0.431. The average molecular weight is 495 g/mol. The van der Waals surface area contributed by atoms with Crippen molar-refractivity contribution in [2.45, 2.75) is 13.8 Å². The molecule has 4 rings (SSSR count). The summed E-state index contributed by atoms with van der Waals surface area (Å²) in [6.07, 6.45) is 1.59. The highest BCUT2D eigenvalue weighted by Crippen LogP contribution is 2.32. The van der Waals surface area contributed by atoms with Crippen molar-refractivity contribution in [3.8, 4) is 0 Å². The third kappa shape index (κ3) is 3.67. The van der Waals surface area contributed by atoms with Gasteiger partial charge in [-0.15, -0.1) is 0 Å². The van der Waals surface area contributed by atoms with E-state index in [1.54, 1.807) is 50.4 Å². The lowest BCUT2D eigenvalue weighted by atomic mass is 10.0. The second-order valence-corrected chi connectivity index (χ2v) is 7.78. The van der Waals surface area contributed by atoms with Gasteiger partial charge in [0, 0.05) is 20.8 Å². The van der Waals surface area contributed by atoms with Gasteiger partial charge >= 0.3 is 11.9 Å². The Morgan fingerprint density at radius 1 is 0.906 bits per heavy atom. The molecule has 0 aliphatic rings. The van der Waals surface area contributed by atoms with E-state index in [1.807, 2.05) is 18.2 Å². The van der Waals surface area contributed by atoms with E-state index < -0.39 is 17.7 Å². The van der Waals surface area contributed by atoms with Gasteiger partial charge in [0.2, 0.25) is 5.78 Å². The van der Waals surface area contributed by atoms with E-state index in [9.17, 15) is 14.4 Å². The molecule has 2 heterocycles. The summed E-state index contributed by atoms with van der Waals surface area (Å²) in [6, 6.07) is 14.0. The molecule has 0 radical (unpaired) electrons. The third-order valence-corrected chi connectivity index (χ3v) is 5.48. The lowest BCUT2D eigenvalue weighted by Crippen LogP contribution is -2.17. The van der Waals surface area contributed by atoms with Crippen molar-refractivity contribution in [2.24, 2.45) is 0 Å². The Bertz CT molecular complexity index is 1360. The number of hydrogen-bond acceptors (Lipinski definition) is 6. The molecule has 0 bridgehead atoms. The van der Waals surface area contributed by atoms with Gasteiger partial charge in [0.1, 0.15) is 16.8 Å². The van der Waals surface area contributed by atoms with Gasteiger partial charge in [-0.25, -0.2) is 14.1 Å². The number of aromatic nitrogens is 2. The normalized spacial score (nSPS) is 11.0. The summed E-state index contributed by atoms with van der Waals surface area (Å²) in [4.78, 5) is 39.7. The number of ether oxygens (including phenoxy) is 2. The molecule has 0 spiro atoms. The zero-order valence-corrected chi connectivity index (χ0v) is 19.0. The molecule has 8 heteroatoms. The van der Waals surface area contributed by atoms with Crippen molar-refractivity contribution in [1.82, 2.24) is 9.61 Å². The first kappa shape index (κ1) is 21.7. The summed E-state index contributed by atoms with van der Waals surface area (Å²) >= 11 is 3.35. The van der Waals surface area contributed by atoms with Gasteiger partial charge in [-0.1, -0.05) is 40.2 Å². The van der Waals surface area contributed by atoms with Crippen molar-refractivity contribution in [2.75, 3.05) is 13.2 Å². The van der Waals surface area contributed by atoms with Crippen LogP contribution in [0.1, 0.15) is 50.6 Å². The van der Waals surface area contributed by atoms with Crippen LogP contribution in [0, 0.1) is 0 Å². The average Bonchev–Trinajstić information content (AvgIpc) is 3.15. The van der Waals surface area contributed by atoms with Gasteiger partial charge in [-0.05, 0) is 38.1 Å². The predicted molar refractivity (Wildman–Crippen MR) is 122 cm³/mol. The Labute approximate surface area is 192 Å². The second kappa shape index (κ2) is 8.92. The lowest BCUT2D eigenvalue weighted by Gasteiger charge is -2.07. The van der Waals surface area contributed by atoms with E-state index in [2.05, 4.69) is 21.0 Å². The van der Waals surface area contributed by atoms with E-state index in [0.29, 0.717) is 16.5 Å². The summed E-state index contributed by atoms with van der Waals surface area (Å²) in [6.45, 7) is 3.51. The van der Waals surface area contributed by atoms with Gasteiger partial charge in [-0.3, -0.25) is 4.79 Å². The standard InChI is InChI=1S/C24H19BrN2O5/c1-3-31-23(29)18-19(24(30)32-4-2)21(22(28)14-9-11-16(25)12-10-14)27-20(18)17-8-6-5-7-15(17)13-26-27/h5-13H,3-4H2,1-2H3. The second-order valence-electron chi connectivity index (χ2n) is 6.87. The Morgan fingerprint density at radius 3 is 2.19 bits per heavy atom. The van der Waals surface area contributed by atoms with Crippen LogP contribution in [0.3, 0.4) is 0 Å². The van der Waals surface area contributed by atoms with Gasteiger partial charge in [0.25, 0.3) is 0 Å². The van der Waals surface area contributed by atoms with Gasteiger partial charge in [0.15, 0.2) is 0 Å². The highest BCUT2D eigenvalue weighted by molar-refractivity contribution is 9.10. The number of benzene rings is 2. The smallest absolute Gasteiger partial charge is 0.341 e. The molecule has 0 atom stereocenters. The maximum atomic E-state index is 13.6. The highest BCUT2D eigenvalue weighted by atomic mass is 79.9. The van der Waals surface area contributed by atoms with Crippen molar-refractivity contribution in [3.05, 3.63) is 81.6 Å². The molecule has 0 saturated heterocycles. The molecule has 0 N–H and O–H groups in total. The van der Waals surface area contributed by atoms with Crippen LogP contribution < -0.4 is 0 Å². The van der Waals surface area contributed by atoms with Gasteiger partial charge in [0.05, 0.1) is 24.9 Å². The summed E-state index contributed by atoms with van der Waals surface area (Å²) in [5, 5.41) is 5.82. The van der Waals surface area contributed by atoms with E-state index in [4.69, 9.17) is 9.47 Å². The quantitative estimate of drug-likeness (QED) is 0.281. The lowest BCUT2D eigenvalue weighted by molar-refractivity contribution is 0.0480. The number of fused-ring (bicyclic) bond motifs is 3. The van der Waals surface area contributed by atoms with Crippen LogP contribution in [-0.4, -0.2) is 40.5 Å². The topological polar surface area (TPSA) is 87.0 Å². The first-order chi connectivity index (χ1) is 15.5. The Kier molecular flexibility index (Phi) is 6.05. The maximum Gasteiger partial charge on any atom is 0.341 e. The number of carbonyl (C=O) groups is 3. The molecule has 162 valence electrons. The molecule has 2 aromatic heterocycles. The SMILES string of the molecule is CCOC(=O)c1c(C(=O)OCC)c2c3ccccc3cnn2c1C(=O)c1ccc(Br)cc1. The Balaban J connectivity index is 2.14. The maximum absolute atomic E-state index is 13.6. The van der Waals surface area contributed by atoms with E-state index >= 15 is 0 Å². The molecular weight excluding hydrogens is 476 g/mol. The number of carbonyl (C=O) groups excluding carboxylic acids is 3. The molecule has 0 unspecified atom stereocenters. The highest BCUT2D eigenvalue weighted by Gasteiger charge is 2.35. The number of halogens is 1. The molecule has 2 aromatic carbocycles. The molecule has 0 saturated carbocycles. The largest absolute Gasteiger partial charge is 0.462 e. The van der Waals surface area contributed by atoms with Crippen LogP contribution in [0.2, 0.25) is 0 Å². The fraction of sp³-hybridized carbons (Fsp3) is 0.167. The third-order valence-electron chi connectivity index (χ3n) is 4.96. The number of rotatable bonds is 6. The van der Waals surface area contributed by atoms with E-state index in [1.165, 1.54) is 4.52 Å². The zero-order chi connectivity index (χ0) is 22.8. The van der Waals surface area contributed by atoms with Gasteiger partial charge in [-0.2, -0.15) is 5.10 Å². The molecule has 7 nitrogen and oxygen atoms in total. The Morgan fingerprint density at radius 2 is 1.53 bits per heavy atom. The number of ketones is 1. The minimum Gasteiger partial charge on any atom is -0.462 e. The van der Waals surface area contributed by atoms with Crippen molar-refractivity contribution in [1.29, 1.82) is 0 Å². The van der Waals surface area contributed by atoms with Crippen molar-refractivity contribution >= 4 is 49.9 Å². The van der Waals surface area contributed by atoms with Crippen LogP contribution in [0.15, 0.2) is 59.2 Å². The van der Waals surface area contributed by atoms with Gasteiger partial charge < -0.3 is 9.47 Å².